The first-order valence-electron chi connectivity index (χ1n) is 5.84. The first kappa shape index (κ1) is 11.0. The highest BCUT2D eigenvalue weighted by atomic mass is 14.6. The lowest BCUT2D eigenvalue weighted by atomic mass is 9.85. The molecule has 0 aromatic carbocycles. The second-order valence-electron chi connectivity index (χ2n) is 5.41. The quantitative estimate of drug-likeness (QED) is 0.695. The zero-order valence-corrected chi connectivity index (χ0v) is 9.31. The molecule has 78 valence electrons. The van der Waals surface area contributed by atoms with Gasteiger partial charge in [0.05, 0.1) is 0 Å². The topological polar surface area (TPSA) is 26.0 Å². The Labute approximate surface area is 83.1 Å². The van der Waals surface area contributed by atoms with Crippen LogP contribution in [0.3, 0.4) is 0 Å². The Bertz CT molecular complexity index is 134. The molecule has 0 radical (unpaired) electrons. The van der Waals surface area contributed by atoms with E-state index in [9.17, 15) is 0 Å². The Hall–Kier alpha value is -0.0400. The van der Waals surface area contributed by atoms with Gasteiger partial charge in [-0.3, -0.25) is 0 Å². The Balaban J connectivity index is 2.06. The van der Waals surface area contributed by atoms with Gasteiger partial charge in [-0.05, 0) is 24.3 Å². The largest absolute Gasteiger partial charge is 0.330 e. The Morgan fingerprint density at radius 1 is 1.23 bits per heavy atom. The lowest BCUT2D eigenvalue weighted by molar-refractivity contribution is 0.317. The molecule has 0 aliphatic heterocycles. The van der Waals surface area contributed by atoms with Crippen LogP contribution in [0, 0.1) is 11.3 Å². The van der Waals surface area contributed by atoms with Gasteiger partial charge in [0.1, 0.15) is 0 Å². The van der Waals surface area contributed by atoms with Gasteiger partial charge in [-0.2, -0.15) is 0 Å². The van der Waals surface area contributed by atoms with Crippen molar-refractivity contribution >= 4 is 0 Å². The van der Waals surface area contributed by atoms with E-state index in [2.05, 4.69) is 13.8 Å². The molecular formula is C12H25N. The third-order valence-electron chi connectivity index (χ3n) is 3.49. The Kier molecular flexibility index (Phi) is 4.24. The van der Waals surface area contributed by atoms with Crippen molar-refractivity contribution in [1.29, 1.82) is 0 Å². The van der Waals surface area contributed by atoms with Crippen molar-refractivity contribution in [2.75, 3.05) is 6.54 Å². The number of rotatable bonds is 5. The monoisotopic (exact) mass is 183 g/mol. The van der Waals surface area contributed by atoms with Crippen molar-refractivity contribution in [2.45, 2.75) is 58.8 Å². The van der Waals surface area contributed by atoms with E-state index in [1.807, 2.05) is 0 Å². The molecule has 1 rings (SSSR count). The van der Waals surface area contributed by atoms with Gasteiger partial charge >= 0.3 is 0 Å². The zero-order valence-electron chi connectivity index (χ0n) is 9.31. The third-order valence-corrected chi connectivity index (χ3v) is 3.49. The van der Waals surface area contributed by atoms with Crippen molar-refractivity contribution in [3.63, 3.8) is 0 Å². The average Bonchev–Trinajstić information content (AvgIpc) is 2.57. The molecule has 0 heterocycles. The molecule has 0 aromatic rings. The standard InChI is InChI=1S/C12H25N/c1-12(2,10-13)9-5-8-11-6-3-4-7-11/h11H,3-10,13H2,1-2H3. The fourth-order valence-corrected chi connectivity index (χ4v) is 2.27. The maximum Gasteiger partial charge on any atom is -0.00258 e. The van der Waals surface area contributed by atoms with Crippen LogP contribution in [0.1, 0.15) is 58.8 Å². The summed E-state index contributed by atoms with van der Waals surface area (Å²) in [6.07, 6.45) is 10.1. The first-order valence-corrected chi connectivity index (χ1v) is 5.84. The van der Waals surface area contributed by atoms with E-state index in [4.69, 9.17) is 5.73 Å². The van der Waals surface area contributed by atoms with Gasteiger partial charge in [0.15, 0.2) is 0 Å². The van der Waals surface area contributed by atoms with Crippen LogP contribution in [-0.2, 0) is 0 Å². The first-order chi connectivity index (χ1) is 6.14. The molecule has 2 N–H and O–H groups in total. The van der Waals surface area contributed by atoms with Crippen LogP contribution in [0.5, 0.6) is 0 Å². The molecule has 1 heteroatoms. The molecule has 1 aliphatic rings. The predicted molar refractivity (Wildman–Crippen MR) is 58.6 cm³/mol. The van der Waals surface area contributed by atoms with Crippen molar-refractivity contribution in [3.05, 3.63) is 0 Å². The minimum absolute atomic E-state index is 0.374. The van der Waals surface area contributed by atoms with Crippen LogP contribution in [-0.4, -0.2) is 6.54 Å². The van der Waals surface area contributed by atoms with E-state index >= 15 is 0 Å². The molecule has 13 heavy (non-hydrogen) atoms. The Morgan fingerprint density at radius 3 is 2.38 bits per heavy atom. The second-order valence-corrected chi connectivity index (χ2v) is 5.41. The van der Waals surface area contributed by atoms with Gasteiger partial charge in [0.2, 0.25) is 0 Å². The van der Waals surface area contributed by atoms with E-state index < -0.39 is 0 Å². The summed E-state index contributed by atoms with van der Waals surface area (Å²) in [7, 11) is 0. The van der Waals surface area contributed by atoms with Gasteiger partial charge < -0.3 is 5.73 Å². The summed E-state index contributed by atoms with van der Waals surface area (Å²) in [5.41, 5.74) is 6.07. The van der Waals surface area contributed by atoms with Crippen molar-refractivity contribution < 1.29 is 0 Å². The molecule has 1 aliphatic carbocycles. The van der Waals surface area contributed by atoms with E-state index in [1.54, 1.807) is 0 Å². The maximum atomic E-state index is 5.70. The van der Waals surface area contributed by atoms with Crippen molar-refractivity contribution in [1.82, 2.24) is 0 Å². The molecule has 1 nitrogen and oxygen atoms in total. The van der Waals surface area contributed by atoms with Crippen LogP contribution in [0.4, 0.5) is 0 Å². The maximum absolute atomic E-state index is 5.70. The van der Waals surface area contributed by atoms with Crippen LogP contribution in [0.15, 0.2) is 0 Å². The van der Waals surface area contributed by atoms with E-state index in [1.165, 1.54) is 44.9 Å². The minimum atomic E-state index is 0.374. The molecule has 1 saturated carbocycles. The third kappa shape index (κ3) is 4.12. The molecule has 0 aromatic heterocycles. The summed E-state index contributed by atoms with van der Waals surface area (Å²) in [6, 6.07) is 0. The van der Waals surface area contributed by atoms with Crippen molar-refractivity contribution in [2.24, 2.45) is 17.1 Å². The van der Waals surface area contributed by atoms with Gasteiger partial charge in [-0.15, -0.1) is 0 Å². The van der Waals surface area contributed by atoms with Crippen molar-refractivity contribution in [3.8, 4) is 0 Å². The lowest BCUT2D eigenvalue weighted by Gasteiger charge is -2.22. The van der Waals surface area contributed by atoms with E-state index in [-0.39, 0.29) is 0 Å². The van der Waals surface area contributed by atoms with E-state index in [0.717, 1.165) is 12.5 Å². The molecule has 0 saturated heterocycles. The molecule has 0 spiro atoms. The summed E-state index contributed by atoms with van der Waals surface area (Å²) < 4.78 is 0. The molecule has 0 bridgehead atoms. The second kappa shape index (κ2) is 4.99. The highest BCUT2D eigenvalue weighted by molar-refractivity contribution is 4.72. The van der Waals surface area contributed by atoms with Gasteiger partial charge in [0.25, 0.3) is 0 Å². The van der Waals surface area contributed by atoms with Gasteiger partial charge in [-0.25, -0.2) is 0 Å². The number of hydrogen-bond acceptors (Lipinski definition) is 1. The highest BCUT2D eigenvalue weighted by Crippen LogP contribution is 2.31. The molecular weight excluding hydrogens is 158 g/mol. The summed E-state index contributed by atoms with van der Waals surface area (Å²) >= 11 is 0. The summed E-state index contributed by atoms with van der Waals surface area (Å²) in [6.45, 7) is 5.39. The molecule has 1 fully saturated rings. The fourth-order valence-electron chi connectivity index (χ4n) is 2.27. The Morgan fingerprint density at radius 2 is 1.85 bits per heavy atom. The van der Waals surface area contributed by atoms with Gasteiger partial charge in [0, 0.05) is 0 Å². The minimum Gasteiger partial charge on any atom is -0.330 e. The molecule has 0 unspecified atom stereocenters. The van der Waals surface area contributed by atoms with Crippen LogP contribution >= 0.6 is 0 Å². The summed E-state index contributed by atoms with van der Waals surface area (Å²) in [5.74, 6) is 1.05. The lowest BCUT2D eigenvalue weighted by Crippen LogP contribution is -2.23. The summed E-state index contributed by atoms with van der Waals surface area (Å²) in [5, 5.41) is 0. The summed E-state index contributed by atoms with van der Waals surface area (Å²) in [4.78, 5) is 0. The molecule has 0 amide bonds. The van der Waals surface area contributed by atoms with E-state index in [0.29, 0.717) is 5.41 Å². The SMILES string of the molecule is CC(C)(CN)CCCC1CCCC1. The normalized spacial score (nSPS) is 19.6. The number of hydrogen-bond donors (Lipinski definition) is 1. The average molecular weight is 183 g/mol. The smallest absolute Gasteiger partial charge is 0.00258 e. The van der Waals surface area contributed by atoms with Gasteiger partial charge in [-0.1, -0.05) is 52.4 Å². The molecule has 0 atom stereocenters. The number of nitrogens with two attached hydrogens (primary N) is 1. The van der Waals surface area contributed by atoms with Crippen LogP contribution in [0.2, 0.25) is 0 Å². The van der Waals surface area contributed by atoms with Crippen LogP contribution in [0.25, 0.3) is 0 Å². The predicted octanol–water partition coefficient (Wildman–Crippen LogP) is 3.33. The highest BCUT2D eigenvalue weighted by Gasteiger charge is 2.18. The van der Waals surface area contributed by atoms with Crippen LogP contribution < -0.4 is 5.73 Å². The zero-order chi connectivity index (χ0) is 9.73. The fraction of sp³-hybridized carbons (Fsp3) is 1.00.